The molecule has 2 aromatic rings. The first-order chi connectivity index (χ1) is 15.0. The Morgan fingerprint density at radius 1 is 1.19 bits per heavy atom. The van der Waals surface area contributed by atoms with Crippen LogP contribution in [0.15, 0.2) is 28.8 Å². The molecule has 3 rings (SSSR count). The molecule has 0 spiro atoms. The molecule has 7 heteroatoms. The van der Waals surface area contributed by atoms with E-state index < -0.39 is 5.41 Å². The summed E-state index contributed by atoms with van der Waals surface area (Å²) in [5.41, 5.74) is 3.73. The predicted molar refractivity (Wildman–Crippen MR) is 122 cm³/mol. The first-order valence-electron chi connectivity index (χ1n) is 11.3. The summed E-state index contributed by atoms with van der Waals surface area (Å²) < 4.78 is 11.2. The van der Waals surface area contributed by atoms with Gasteiger partial charge in [-0.25, -0.2) is 0 Å². The standard InChI is InChI=1S/C25H35N3O4/c1-15(2)23(29)27-22-14-31-13-18-10-17(7-8-21(18)22)11-19-12-20(32-28-19)9-16(3)26-24(30)25(4,5)6/h7-8,10,12,15-16,22H,9,11,13-14H2,1-6H3,(H,26,30)(H,27,29). The Morgan fingerprint density at radius 2 is 1.94 bits per heavy atom. The number of hydrogen-bond acceptors (Lipinski definition) is 5. The summed E-state index contributed by atoms with van der Waals surface area (Å²) in [7, 11) is 0. The van der Waals surface area contributed by atoms with E-state index in [-0.39, 0.29) is 29.8 Å². The average Bonchev–Trinajstić information content (AvgIpc) is 3.13. The maximum absolute atomic E-state index is 12.2. The highest BCUT2D eigenvalue weighted by atomic mass is 16.5. The molecule has 32 heavy (non-hydrogen) atoms. The van der Waals surface area contributed by atoms with E-state index in [0.29, 0.717) is 26.1 Å². The molecule has 0 radical (unpaired) electrons. The average molecular weight is 442 g/mol. The lowest BCUT2D eigenvalue weighted by molar-refractivity contribution is -0.129. The van der Waals surface area contributed by atoms with Gasteiger partial charge in [0, 0.05) is 36.3 Å². The molecule has 2 amide bonds. The van der Waals surface area contributed by atoms with Crippen LogP contribution < -0.4 is 10.6 Å². The van der Waals surface area contributed by atoms with Crippen LogP contribution in [-0.2, 0) is 33.8 Å². The van der Waals surface area contributed by atoms with E-state index in [9.17, 15) is 9.59 Å². The van der Waals surface area contributed by atoms with Crippen LogP contribution in [0.25, 0.3) is 0 Å². The summed E-state index contributed by atoms with van der Waals surface area (Å²) >= 11 is 0. The predicted octanol–water partition coefficient (Wildman–Crippen LogP) is 3.70. The van der Waals surface area contributed by atoms with Crippen LogP contribution in [0.3, 0.4) is 0 Å². The minimum atomic E-state index is -0.423. The smallest absolute Gasteiger partial charge is 0.225 e. The van der Waals surface area contributed by atoms with Gasteiger partial charge in [0.05, 0.1) is 24.9 Å². The molecule has 2 N–H and O–H groups in total. The number of benzene rings is 1. The highest BCUT2D eigenvalue weighted by molar-refractivity contribution is 5.81. The fourth-order valence-electron chi connectivity index (χ4n) is 3.61. The highest BCUT2D eigenvalue weighted by Crippen LogP contribution is 2.27. The summed E-state index contributed by atoms with van der Waals surface area (Å²) in [6, 6.07) is 8.04. The van der Waals surface area contributed by atoms with Crippen molar-refractivity contribution in [2.24, 2.45) is 11.3 Å². The zero-order valence-electron chi connectivity index (χ0n) is 20.0. The molecule has 0 aliphatic carbocycles. The first-order valence-corrected chi connectivity index (χ1v) is 11.3. The number of aromatic nitrogens is 1. The molecule has 1 aromatic heterocycles. The third-order valence-corrected chi connectivity index (χ3v) is 5.52. The van der Waals surface area contributed by atoms with Crippen molar-refractivity contribution in [2.75, 3.05) is 6.61 Å². The lowest BCUT2D eigenvalue weighted by atomic mass is 9.94. The quantitative estimate of drug-likeness (QED) is 0.683. The Balaban J connectivity index is 1.62. The Bertz CT molecular complexity index is 958. The van der Waals surface area contributed by atoms with Crippen molar-refractivity contribution in [2.45, 2.75) is 73.1 Å². The van der Waals surface area contributed by atoms with Crippen LogP contribution in [0.1, 0.15) is 75.7 Å². The van der Waals surface area contributed by atoms with Crippen LogP contribution in [0.4, 0.5) is 0 Å². The van der Waals surface area contributed by atoms with Crippen LogP contribution in [0, 0.1) is 11.3 Å². The molecular weight excluding hydrogens is 406 g/mol. The Kier molecular flexibility index (Phi) is 7.39. The van der Waals surface area contributed by atoms with Crippen LogP contribution in [-0.4, -0.2) is 29.6 Å². The molecule has 0 fully saturated rings. The van der Waals surface area contributed by atoms with Gasteiger partial charge in [0.15, 0.2) is 0 Å². The van der Waals surface area contributed by atoms with Gasteiger partial charge in [0.2, 0.25) is 11.8 Å². The van der Waals surface area contributed by atoms with Crippen molar-refractivity contribution in [1.29, 1.82) is 0 Å². The van der Waals surface area contributed by atoms with Crippen molar-refractivity contribution in [3.63, 3.8) is 0 Å². The Hall–Kier alpha value is -2.67. The van der Waals surface area contributed by atoms with Crippen molar-refractivity contribution in [1.82, 2.24) is 15.8 Å². The number of rotatable bonds is 7. The van der Waals surface area contributed by atoms with Gasteiger partial charge in [0.1, 0.15) is 5.76 Å². The van der Waals surface area contributed by atoms with Gasteiger partial charge in [-0.3, -0.25) is 9.59 Å². The zero-order valence-corrected chi connectivity index (χ0v) is 20.0. The third-order valence-electron chi connectivity index (χ3n) is 5.52. The van der Waals surface area contributed by atoms with Gasteiger partial charge in [0.25, 0.3) is 0 Å². The van der Waals surface area contributed by atoms with Crippen molar-refractivity contribution in [3.8, 4) is 0 Å². The van der Waals surface area contributed by atoms with Gasteiger partial charge in [-0.2, -0.15) is 0 Å². The number of carbonyl (C=O) groups is 2. The summed E-state index contributed by atoms with van der Waals surface area (Å²) in [5, 5.41) is 10.3. The molecule has 2 atom stereocenters. The molecule has 0 saturated heterocycles. The van der Waals surface area contributed by atoms with E-state index in [1.807, 2.05) is 47.6 Å². The molecule has 0 bridgehead atoms. The summed E-state index contributed by atoms with van der Waals surface area (Å²) in [6.07, 6.45) is 1.23. The maximum atomic E-state index is 12.2. The number of nitrogens with one attached hydrogen (secondary N) is 2. The lowest BCUT2D eigenvalue weighted by Gasteiger charge is -2.27. The van der Waals surface area contributed by atoms with Crippen LogP contribution in [0.2, 0.25) is 0 Å². The number of ether oxygens (including phenoxy) is 1. The fourth-order valence-corrected chi connectivity index (χ4v) is 3.61. The molecule has 174 valence electrons. The second-order valence-corrected chi connectivity index (χ2v) is 10.1. The minimum Gasteiger partial charge on any atom is -0.374 e. The van der Waals surface area contributed by atoms with Gasteiger partial charge in [-0.1, -0.05) is 58.0 Å². The number of amides is 2. The number of fused-ring (bicyclic) bond motifs is 1. The summed E-state index contributed by atoms with van der Waals surface area (Å²) in [4.78, 5) is 24.3. The Morgan fingerprint density at radius 3 is 2.62 bits per heavy atom. The summed E-state index contributed by atoms with van der Waals surface area (Å²) in [5.74, 6) is 0.729. The van der Waals surface area contributed by atoms with Crippen LogP contribution in [0.5, 0.6) is 0 Å². The van der Waals surface area contributed by atoms with E-state index in [4.69, 9.17) is 9.26 Å². The monoisotopic (exact) mass is 441 g/mol. The Labute approximate surface area is 190 Å². The largest absolute Gasteiger partial charge is 0.374 e. The van der Waals surface area contributed by atoms with Gasteiger partial charge in [-0.15, -0.1) is 0 Å². The molecule has 0 saturated carbocycles. The molecule has 7 nitrogen and oxygen atoms in total. The zero-order chi connectivity index (χ0) is 23.5. The lowest BCUT2D eigenvalue weighted by Crippen LogP contribution is -2.41. The SMILES string of the molecule is CC(Cc1cc(Cc2ccc3c(c2)COCC3NC(=O)C(C)C)no1)NC(=O)C(C)(C)C. The second kappa shape index (κ2) is 9.86. The van der Waals surface area contributed by atoms with E-state index >= 15 is 0 Å². The van der Waals surface area contributed by atoms with E-state index in [1.165, 1.54) is 0 Å². The maximum Gasteiger partial charge on any atom is 0.225 e. The van der Waals surface area contributed by atoms with Crippen molar-refractivity contribution >= 4 is 11.8 Å². The normalized spacial score (nSPS) is 17.0. The molecule has 2 heterocycles. The molecule has 2 unspecified atom stereocenters. The van der Waals surface area contributed by atoms with Gasteiger partial charge in [-0.05, 0) is 23.6 Å². The molecule has 1 aliphatic rings. The van der Waals surface area contributed by atoms with Gasteiger partial charge < -0.3 is 19.9 Å². The fraction of sp³-hybridized carbons (Fsp3) is 0.560. The number of carbonyl (C=O) groups excluding carboxylic acids is 2. The van der Waals surface area contributed by atoms with E-state index in [1.54, 1.807) is 0 Å². The third kappa shape index (κ3) is 6.19. The number of hydrogen-bond donors (Lipinski definition) is 2. The summed E-state index contributed by atoms with van der Waals surface area (Å²) in [6.45, 7) is 12.4. The molecule has 1 aromatic carbocycles. The topological polar surface area (TPSA) is 93.5 Å². The van der Waals surface area contributed by atoms with E-state index in [2.05, 4.69) is 34.0 Å². The molecular formula is C25H35N3O4. The molecule has 1 aliphatic heterocycles. The highest BCUT2D eigenvalue weighted by Gasteiger charge is 2.25. The van der Waals surface area contributed by atoms with E-state index in [0.717, 1.165) is 28.1 Å². The first kappa shape index (κ1) is 24.0. The van der Waals surface area contributed by atoms with Gasteiger partial charge >= 0.3 is 0 Å². The second-order valence-electron chi connectivity index (χ2n) is 10.1. The van der Waals surface area contributed by atoms with Crippen molar-refractivity contribution in [3.05, 3.63) is 52.4 Å². The minimum absolute atomic E-state index is 0.0175. The van der Waals surface area contributed by atoms with Crippen LogP contribution >= 0.6 is 0 Å². The number of nitrogens with zero attached hydrogens (tertiary/aromatic N) is 1. The van der Waals surface area contributed by atoms with Crippen molar-refractivity contribution < 1.29 is 18.8 Å².